The van der Waals surface area contributed by atoms with E-state index < -0.39 is 0 Å². The molecular weight excluding hydrogens is 397 g/mol. The fourth-order valence-electron chi connectivity index (χ4n) is 3.71. The van der Waals surface area contributed by atoms with Crippen LogP contribution in [0.4, 0.5) is 10.1 Å². The predicted octanol–water partition coefficient (Wildman–Crippen LogP) is 5.48. The minimum absolute atomic E-state index is 0. The zero-order valence-corrected chi connectivity index (χ0v) is 18.2. The molecule has 1 saturated carbocycles. The molecule has 1 unspecified atom stereocenters. The van der Waals surface area contributed by atoms with Crippen LogP contribution in [0.2, 0.25) is 0 Å². The van der Waals surface area contributed by atoms with E-state index in [1.165, 1.54) is 44.2 Å². The van der Waals surface area contributed by atoms with Crippen LogP contribution in [0, 0.1) is 5.82 Å². The van der Waals surface area contributed by atoms with E-state index in [1.807, 2.05) is 0 Å². The molecule has 0 bridgehead atoms. The summed E-state index contributed by atoms with van der Waals surface area (Å²) in [5.74, 6) is 0.591. The van der Waals surface area contributed by atoms with Gasteiger partial charge in [-0.15, -0.1) is 12.4 Å². The number of rotatable bonds is 7. The van der Waals surface area contributed by atoms with Crippen LogP contribution in [0.1, 0.15) is 58.3 Å². The molecule has 0 aromatic heterocycles. The highest BCUT2D eigenvalue weighted by atomic mass is 35.5. The van der Waals surface area contributed by atoms with Crippen LogP contribution in [-0.2, 0) is 4.79 Å². The van der Waals surface area contributed by atoms with Crippen LogP contribution in [-0.4, -0.2) is 40.4 Å². The molecule has 1 saturated heterocycles. The van der Waals surface area contributed by atoms with Gasteiger partial charge in [0.1, 0.15) is 5.82 Å². The molecule has 2 fully saturated rings. The van der Waals surface area contributed by atoms with Gasteiger partial charge >= 0.3 is 0 Å². The van der Waals surface area contributed by atoms with E-state index in [9.17, 15) is 9.18 Å². The molecule has 4 nitrogen and oxygen atoms in total. The van der Waals surface area contributed by atoms with Crippen molar-refractivity contribution in [2.24, 2.45) is 4.99 Å². The number of nitrogens with zero attached hydrogens (tertiary/aromatic N) is 2. The third-order valence-electron chi connectivity index (χ3n) is 5.26. The normalized spacial score (nSPS) is 21.6. The van der Waals surface area contributed by atoms with Crippen LogP contribution in [0.15, 0.2) is 29.3 Å². The zero-order chi connectivity index (χ0) is 19.1. The van der Waals surface area contributed by atoms with E-state index in [0.29, 0.717) is 18.2 Å². The summed E-state index contributed by atoms with van der Waals surface area (Å²) in [4.78, 5) is 19.9. The number of anilines is 1. The highest BCUT2D eigenvalue weighted by Gasteiger charge is 2.32. The van der Waals surface area contributed by atoms with Crippen molar-refractivity contribution in [2.75, 3.05) is 17.6 Å². The molecule has 1 heterocycles. The summed E-state index contributed by atoms with van der Waals surface area (Å²) in [7, 11) is 0. The van der Waals surface area contributed by atoms with E-state index in [1.54, 1.807) is 23.9 Å². The van der Waals surface area contributed by atoms with Crippen LogP contribution in [0.25, 0.3) is 0 Å². The summed E-state index contributed by atoms with van der Waals surface area (Å²) in [6.07, 6.45) is 8.97. The lowest BCUT2D eigenvalue weighted by Crippen LogP contribution is -2.38. The second-order valence-corrected chi connectivity index (χ2v) is 8.46. The van der Waals surface area contributed by atoms with E-state index in [-0.39, 0.29) is 30.2 Å². The molecule has 1 atom stereocenters. The Labute approximate surface area is 178 Å². The lowest BCUT2D eigenvalue weighted by molar-refractivity contribution is -0.116. The molecule has 3 rings (SSSR count). The van der Waals surface area contributed by atoms with E-state index in [4.69, 9.17) is 4.99 Å². The van der Waals surface area contributed by atoms with Gasteiger partial charge in [0, 0.05) is 30.4 Å². The number of hydrogen-bond acceptors (Lipinski definition) is 3. The first-order valence-corrected chi connectivity index (χ1v) is 11.2. The number of amidine groups is 1. The maximum absolute atomic E-state index is 13.0. The van der Waals surface area contributed by atoms with Gasteiger partial charge < -0.3 is 10.2 Å². The number of aliphatic imine (C=N–C) groups is 1. The number of unbranched alkanes of at least 4 members (excludes halogenated alkanes) is 1. The number of carbonyl (C=O) groups excluding carboxylic acids is 1. The Morgan fingerprint density at radius 1 is 1.25 bits per heavy atom. The topological polar surface area (TPSA) is 44.7 Å². The Kier molecular flexibility index (Phi) is 9.59. The number of amides is 1. The summed E-state index contributed by atoms with van der Waals surface area (Å²) >= 11 is 1.80. The van der Waals surface area contributed by atoms with Crippen LogP contribution < -0.4 is 5.32 Å². The molecule has 1 aliphatic carbocycles. The molecule has 2 aliphatic rings. The second kappa shape index (κ2) is 11.7. The Morgan fingerprint density at radius 3 is 2.64 bits per heavy atom. The van der Waals surface area contributed by atoms with Crippen molar-refractivity contribution < 1.29 is 9.18 Å². The van der Waals surface area contributed by atoms with E-state index in [0.717, 1.165) is 30.3 Å². The molecule has 1 aliphatic heterocycles. The largest absolute Gasteiger partial charge is 0.347 e. The van der Waals surface area contributed by atoms with Crippen LogP contribution in [0.5, 0.6) is 0 Å². The highest BCUT2D eigenvalue weighted by Crippen LogP contribution is 2.30. The summed E-state index contributed by atoms with van der Waals surface area (Å²) < 4.78 is 13.0. The third kappa shape index (κ3) is 6.66. The molecule has 1 aromatic carbocycles. The first-order chi connectivity index (χ1) is 13.2. The van der Waals surface area contributed by atoms with Gasteiger partial charge in [-0.2, -0.15) is 0 Å². The van der Waals surface area contributed by atoms with Crippen LogP contribution in [0.3, 0.4) is 0 Å². The fraction of sp³-hybridized carbons (Fsp3) is 0.619. The third-order valence-corrected chi connectivity index (χ3v) is 6.41. The molecule has 0 spiro atoms. The molecule has 156 valence electrons. The van der Waals surface area contributed by atoms with Crippen molar-refractivity contribution in [1.29, 1.82) is 0 Å². The maximum Gasteiger partial charge on any atom is 0.226 e. The molecule has 0 radical (unpaired) electrons. The Hall–Kier alpha value is -1.27. The predicted molar refractivity (Wildman–Crippen MR) is 119 cm³/mol. The smallest absolute Gasteiger partial charge is 0.226 e. The van der Waals surface area contributed by atoms with Gasteiger partial charge in [0.2, 0.25) is 5.91 Å². The van der Waals surface area contributed by atoms with Gasteiger partial charge in [-0.3, -0.25) is 9.79 Å². The fourth-order valence-corrected chi connectivity index (χ4v) is 4.98. The summed E-state index contributed by atoms with van der Waals surface area (Å²) in [5, 5.41) is 4.02. The Balaban J connectivity index is 0.00000280. The summed E-state index contributed by atoms with van der Waals surface area (Å²) in [6, 6.07) is 6.57. The SMILES string of the molecule is CCCCN1C(=NC2CCCCC2)SCC1CC(=O)Nc1ccc(F)cc1.Cl. The maximum atomic E-state index is 13.0. The van der Waals surface area contributed by atoms with Gasteiger partial charge in [0.05, 0.1) is 6.04 Å². The monoisotopic (exact) mass is 427 g/mol. The van der Waals surface area contributed by atoms with E-state index in [2.05, 4.69) is 17.1 Å². The van der Waals surface area contributed by atoms with Gasteiger partial charge in [-0.1, -0.05) is 44.4 Å². The van der Waals surface area contributed by atoms with Crippen molar-refractivity contribution in [2.45, 2.75) is 70.4 Å². The number of nitrogens with one attached hydrogen (secondary N) is 1. The number of benzene rings is 1. The number of halogens is 2. The van der Waals surface area contributed by atoms with Crippen molar-refractivity contribution in [3.63, 3.8) is 0 Å². The quantitative estimate of drug-likeness (QED) is 0.626. The molecular formula is C21H31ClFN3OS. The average molecular weight is 428 g/mol. The first kappa shape index (κ1) is 23.0. The Bertz CT molecular complexity index is 650. The van der Waals surface area contributed by atoms with Gasteiger partial charge in [0.15, 0.2) is 5.17 Å². The number of carbonyl (C=O) groups is 1. The lowest BCUT2D eigenvalue weighted by Gasteiger charge is -2.27. The first-order valence-electron chi connectivity index (χ1n) is 10.2. The van der Waals surface area contributed by atoms with Gasteiger partial charge in [-0.05, 0) is 43.5 Å². The second-order valence-electron chi connectivity index (χ2n) is 7.47. The average Bonchev–Trinajstić information content (AvgIpc) is 3.03. The molecule has 7 heteroatoms. The van der Waals surface area contributed by atoms with Crippen molar-refractivity contribution in [1.82, 2.24) is 4.90 Å². The standard InChI is InChI=1S/C21H30FN3OS.ClH/c1-2-3-13-25-19(14-20(26)23-18-11-9-16(22)10-12-18)15-27-21(25)24-17-7-5-4-6-8-17;/h9-12,17,19H,2-8,13-15H2,1H3,(H,23,26);1H. The number of thioether (sulfide) groups is 1. The van der Waals surface area contributed by atoms with Crippen molar-refractivity contribution in [3.05, 3.63) is 30.1 Å². The number of hydrogen-bond donors (Lipinski definition) is 1. The van der Waals surface area contributed by atoms with Crippen molar-refractivity contribution in [3.8, 4) is 0 Å². The lowest BCUT2D eigenvalue weighted by atomic mass is 9.96. The Morgan fingerprint density at radius 2 is 1.96 bits per heavy atom. The van der Waals surface area contributed by atoms with Gasteiger partial charge in [-0.25, -0.2) is 4.39 Å². The molecule has 1 N–H and O–H groups in total. The van der Waals surface area contributed by atoms with Gasteiger partial charge in [0.25, 0.3) is 0 Å². The van der Waals surface area contributed by atoms with E-state index >= 15 is 0 Å². The minimum atomic E-state index is -0.297. The molecule has 1 amide bonds. The van der Waals surface area contributed by atoms with Crippen molar-refractivity contribution >= 4 is 40.9 Å². The zero-order valence-electron chi connectivity index (χ0n) is 16.5. The molecule has 1 aromatic rings. The highest BCUT2D eigenvalue weighted by molar-refractivity contribution is 8.14. The van der Waals surface area contributed by atoms with Crippen LogP contribution >= 0.6 is 24.2 Å². The summed E-state index contributed by atoms with van der Waals surface area (Å²) in [5.41, 5.74) is 0.642. The minimum Gasteiger partial charge on any atom is -0.347 e. The molecule has 28 heavy (non-hydrogen) atoms. The summed E-state index contributed by atoms with van der Waals surface area (Å²) in [6.45, 7) is 3.15.